The minimum absolute atomic E-state index is 0.421. The van der Waals surface area contributed by atoms with E-state index in [1.807, 2.05) is 0 Å². The van der Waals surface area contributed by atoms with Crippen molar-refractivity contribution in [1.82, 2.24) is 0 Å². The fourth-order valence-corrected chi connectivity index (χ4v) is 2.46. The number of hydrogen-bond donors (Lipinski definition) is 0. The van der Waals surface area contributed by atoms with Gasteiger partial charge >= 0.3 is 0 Å². The number of rotatable bonds is 2. The molecule has 0 aliphatic carbocycles. The Kier molecular flexibility index (Phi) is 7.38. The van der Waals surface area contributed by atoms with Crippen LogP contribution in [-0.2, 0) is 0 Å². The van der Waals surface area contributed by atoms with Gasteiger partial charge in [-0.1, -0.05) is 34.8 Å². The first-order chi connectivity index (χ1) is 11.1. The van der Waals surface area contributed by atoms with Crippen LogP contribution in [0.5, 0.6) is 11.5 Å². The Labute approximate surface area is 148 Å². The molecule has 0 unspecified atom stereocenters. The molecule has 0 aliphatic heterocycles. The predicted octanol–water partition coefficient (Wildman–Crippen LogP) is 6.05. The Hall–Kier alpha value is -1.44. The Bertz CT molecular complexity index is 704. The molecule has 0 saturated heterocycles. The normalized spacial score (nSPS) is 10.1. The van der Waals surface area contributed by atoms with E-state index in [0.29, 0.717) is 20.8 Å². The summed E-state index contributed by atoms with van der Waals surface area (Å²) in [6.45, 7) is 0. The number of benzene rings is 2. The number of methoxy groups -OCH3 is 2. The van der Waals surface area contributed by atoms with Crippen LogP contribution in [0.25, 0.3) is 0 Å². The summed E-state index contributed by atoms with van der Waals surface area (Å²) in [5, 5.41) is 1.34. The van der Waals surface area contributed by atoms with E-state index in [9.17, 15) is 22.0 Å². The van der Waals surface area contributed by atoms with Gasteiger partial charge in [-0.2, -0.15) is 8.78 Å². The molecule has 2 nitrogen and oxygen atoms in total. The van der Waals surface area contributed by atoms with Crippen LogP contribution in [0.15, 0.2) is 12.1 Å². The first-order valence-electron chi connectivity index (χ1n) is 5.89. The maximum absolute atomic E-state index is 12.6. The van der Waals surface area contributed by atoms with E-state index in [0.717, 1.165) is 7.11 Å². The highest BCUT2D eigenvalue weighted by Gasteiger charge is 2.26. The molecule has 10 heteroatoms. The maximum atomic E-state index is 12.6. The molecule has 0 spiro atoms. The van der Waals surface area contributed by atoms with Gasteiger partial charge in [-0.05, 0) is 12.1 Å². The molecular weight excluding hydrogens is 402 g/mol. The average Bonchev–Trinajstić information content (AvgIpc) is 2.52. The van der Waals surface area contributed by atoms with Crippen LogP contribution in [-0.4, -0.2) is 14.2 Å². The van der Waals surface area contributed by atoms with E-state index in [-0.39, 0.29) is 0 Å². The van der Waals surface area contributed by atoms with Crippen LogP contribution in [0, 0.1) is 29.1 Å². The van der Waals surface area contributed by atoms with Crippen molar-refractivity contribution in [2.75, 3.05) is 14.2 Å². The second-order valence-electron chi connectivity index (χ2n) is 4.01. The molecule has 0 heterocycles. The third-order valence-electron chi connectivity index (χ3n) is 2.54. The first kappa shape index (κ1) is 20.6. The molecule has 0 bridgehead atoms. The lowest BCUT2D eigenvalue weighted by Gasteiger charge is -2.05. The Morgan fingerprint density at radius 3 is 1.29 bits per heavy atom. The van der Waals surface area contributed by atoms with Crippen molar-refractivity contribution >= 4 is 34.8 Å². The summed E-state index contributed by atoms with van der Waals surface area (Å²) in [5.41, 5.74) is 0. The summed E-state index contributed by atoms with van der Waals surface area (Å²) < 4.78 is 71.1. The Morgan fingerprint density at radius 2 is 0.958 bits per heavy atom. The largest absolute Gasteiger partial charge is 0.494 e. The highest BCUT2D eigenvalue weighted by Crippen LogP contribution is 2.35. The molecular formula is C14H8Cl3F5O2. The van der Waals surface area contributed by atoms with Crippen molar-refractivity contribution in [1.29, 1.82) is 0 Å². The van der Waals surface area contributed by atoms with Gasteiger partial charge in [0.1, 0.15) is 0 Å². The topological polar surface area (TPSA) is 18.5 Å². The molecule has 0 N–H and O–H groups in total. The molecule has 0 atom stereocenters. The summed E-state index contributed by atoms with van der Waals surface area (Å²) in [5.74, 6) is -11.0. The quantitative estimate of drug-likeness (QED) is 0.342. The average molecular weight is 410 g/mol. The molecule has 0 aliphatic rings. The predicted molar refractivity (Wildman–Crippen MR) is 80.8 cm³/mol. The number of halogens is 8. The van der Waals surface area contributed by atoms with Gasteiger partial charge in [0, 0.05) is 5.02 Å². The van der Waals surface area contributed by atoms with Gasteiger partial charge in [-0.25, -0.2) is 13.2 Å². The number of hydrogen-bond acceptors (Lipinski definition) is 2. The molecule has 132 valence electrons. The fourth-order valence-electron chi connectivity index (χ4n) is 1.49. The van der Waals surface area contributed by atoms with Crippen LogP contribution in [0.1, 0.15) is 0 Å². The van der Waals surface area contributed by atoms with Crippen LogP contribution < -0.4 is 9.47 Å². The standard InChI is InChI=1S/C7H5Cl3O.C7H3F5O/c1-11-7-5(9)2-4(8)3-6(7)10;1-13-7-5(11)3(9)2(8)4(10)6(7)12/h2-3H,1H3;1H3. The van der Waals surface area contributed by atoms with Crippen molar-refractivity contribution in [3.63, 3.8) is 0 Å². The minimum atomic E-state index is -2.20. The number of ether oxygens (including phenoxy) is 2. The molecule has 2 aromatic rings. The maximum Gasteiger partial charge on any atom is 0.206 e. The van der Waals surface area contributed by atoms with Crippen LogP contribution >= 0.6 is 34.8 Å². The molecule has 24 heavy (non-hydrogen) atoms. The summed E-state index contributed by atoms with van der Waals surface area (Å²) >= 11 is 17.1. The first-order valence-corrected chi connectivity index (χ1v) is 7.03. The van der Waals surface area contributed by atoms with E-state index in [1.54, 1.807) is 12.1 Å². The molecule has 0 aromatic heterocycles. The third kappa shape index (κ3) is 4.34. The molecule has 2 rings (SSSR count). The molecule has 0 radical (unpaired) electrons. The lowest BCUT2D eigenvalue weighted by molar-refractivity contribution is 0.310. The lowest BCUT2D eigenvalue weighted by Crippen LogP contribution is -2.04. The van der Waals surface area contributed by atoms with E-state index in [1.165, 1.54) is 7.11 Å². The summed E-state index contributed by atoms with van der Waals surface area (Å²) in [6, 6.07) is 3.15. The zero-order valence-electron chi connectivity index (χ0n) is 12.0. The van der Waals surface area contributed by atoms with Crippen molar-refractivity contribution in [3.05, 3.63) is 56.3 Å². The summed E-state index contributed by atoms with van der Waals surface area (Å²) in [7, 11) is 2.30. The van der Waals surface area contributed by atoms with Gasteiger partial charge < -0.3 is 9.47 Å². The van der Waals surface area contributed by atoms with Gasteiger partial charge in [0.15, 0.2) is 11.5 Å². The summed E-state index contributed by atoms with van der Waals surface area (Å²) in [6.07, 6.45) is 0. The third-order valence-corrected chi connectivity index (χ3v) is 3.32. The molecule has 0 amide bonds. The van der Waals surface area contributed by atoms with E-state index < -0.39 is 34.8 Å². The van der Waals surface area contributed by atoms with E-state index in [4.69, 9.17) is 39.5 Å². The van der Waals surface area contributed by atoms with E-state index in [2.05, 4.69) is 4.74 Å². The Morgan fingerprint density at radius 1 is 0.625 bits per heavy atom. The van der Waals surface area contributed by atoms with Gasteiger partial charge in [0.25, 0.3) is 0 Å². The lowest BCUT2D eigenvalue weighted by atomic mass is 10.3. The van der Waals surface area contributed by atoms with Gasteiger partial charge in [0.05, 0.1) is 24.3 Å². The van der Waals surface area contributed by atoms with Crippen molar-refractivity contribution in [2.45, 2.75) is 0 Å². The zero-order chi connectivity index (χ0) is 18.6. The fraction of sp³-hybridized carbons (Fsp3) is 0.143. The van der Waals surface area contributed by atoms with Gasteiger partial charge in [-0.3, -0.25) is 0 Å². The summed E-state index contributed by atoms with van der Waals surface area (Å²) in [4.78, 5) is 0. The van der Waals surface area contributed by atoms with Crippen LogP contribution in [0.2, 0.25) is 15.1 Å². The van der Waals surface area contributed by atoms with Crippen LogP contribution in [0.4, 0.5) is 22.0 Å². The van der Waals surface area contributed by atoms with Crippen LogP contribution in [0.3, 0.4) is 0 Å². The highest BCUT2D eigenvalue weighted by atomic mass is 35.5. The van der Waals surface area contributed by atoms with Gasteiger partial charge in [-0.15, -0.1) is 0 Å². The SMILES string of the molecule is COc1c(Cl)cc(Cl)cc1Cl.COc1c(F)c(F)c(F)c(F)c1F. The second-order valence-corrected chi connectivity index (χ2v) is 5.26. The zero-order valence-corrected chi connectivity index (χ0v) is 14.3. The smallest absolute Gasteiger partial charge is 0.206 e. The molecule has 0 saturated carbocycles. The van der Waals surface area contributed by atoms with E-state index >= 15 is 0 Å². The Balaban J connectivity index is 0.000000243. The molecule has 2 aromatic carbocycles. The van der Waals surface area contributed by atoms with Crippen molar-refractivity contribution in [3.8, 4) is 11.5 Å². The van der Waals surface area contributed by atoms with Crippen molar-refractivity contribution < 1.29 is 31.4 Å². The highest BCUT2D eigenvalue weighted by molar-refractivity contribution is 6.40. The minimum Gasteiger partial charge on any atom is -0.494 e. The van der Waals surface area contributed by atoms with Crippen molar-refractivity contribution in [2.24, 2.45) is 0 Å². The van der Waals surface area contributed by atoms with Gasteiger partial charge in [0.2, 0.25) is 29.1 Å². The monoisotopic (exact) mass is 408 g/mol. The second kappa shape index (κ2) is 8.60. The molecule has 0 fully saturated rings.